The quantitative estimate of drug-likeness (QED) is 0.188. The van der Waals surface area contributed by atoms with Crippen molar-refractivity contribution in [1.29, 1.82) is 0 Å². The fraction of sp³-hybridized carbons (Fsp3) is 0.536. The van der Waals surface area contributed by atoms with Gasteiger partial charge in [-0.05, 0) is 52.3 Å². The van der Waals surface area contributed by atoms with Crippen molar-refractivity contribution < 1.29 is 43.7 Å². The first-order valence-electron chi connectivity index (χ1n) is 13.3. The van der Waals surface area contributed by atoms with Crippen LogP contribution in [-0.4, -0.2) is 81.6 Å². The van der Waals surface area contributed by atoms with Gasteiger partial charge in [-0.2, -0.15) is 0 Å². The number of carboxylic acid groups (broad SMARTS) is 1. The summed E-state index contributed by atoms with van der Waals surface area (Å²) in [4.78, 5) is 63.7. The Morgan fingerprint density at radius 3 is 2.56 bits per heavy atom. The number of carboxylic acids is 1. The molecule has 3 heterocycles. The molecule has 1 aromatic rings. The molecule has 2 amide bonds. The van der Waals surface area contributed by atoms with Crippen LogP contribution in [0.5, 0.6) is 0 Å². The van der Waals surface area contributed by atoms with Crippen LogP contribution in [0.25, 0.3) is 0 Å². The first-order chi connectivity index (χ1) is 19.2. The predicted molar refractivity (Wildman–Crippen MR) is 148 cm³/mol. The summed E-state index contributed by atoms with van der Waals surface area (Å²) in [5.41, 5.74) is -0.230. The number of nitrogens with zero attached hydrogens (tertiary/aromatic N) is 1. The molecule has 0 bridgehead atoms. The first-order valence-corrected chi connectivity index (χ1v) is 14.2. The zero-order valence-corrected chi connectivity index (χ0v) is 24.3. The van der Waals surface area contributed by atoms with Crippen molar-refractivity contribution in [2.75, 3.05) is 18.7 Å². The lowest BCUT2D eigenvalue weighted by atomic mass is 9.79. The molecular formula is C28H35N3O9S. The third-order valence-electron chi connectivity index (χ3n) is 7.37. The molecule has 13 heteroatoms. The molecule has 1 aromatic carbocycles. The molecule has 2 saturated heterocycles. The van der Waals surface area contributed by atoms with E-state index in [-0.39, 0.29) is 34.2 Å². The van der Waals surface area contributed by atoms with Crippen molar-refractivity contribution in [2.45, 2.75) is 64.5 Å². The topological polar surface area (TPSA) is 172 Å². The smallest absolute Gasteiger partial charge is 0.353 e. The number of β-lactam (4-membered cyclic amide) rings is 1. The Hall–Kier alpha value is -3.42. The zero-order valence-electron chi connectivity index (χ0n) is 23.5. The zero-order chi connectivity index (χ0) is 30.2. The number of aliphatic hydroxyl groups excluding tert-OH is 1. The summed E-state index contributed by atoms with van der Waals surface area (Å²) >= 11 is 1.35. The van der Waals surface area contributed by atoms with Gasteiger partial charge in [-0.25, -0.2) is 9.59 Å². The van der Waals surface area contributed by atoms with Crippen molar-refractivity contribution in [3.63, 3.8) is 0 Å². The van der Waals surface area contributed by atoms with Gasteiger partial charge in [0, 0.05) is 28.3 Å². The van der Waals surface area contributed by atoms with Gasteiger partial charge in [0.25, 0.3) is 0 Å². The highest BCUT2D eigenvalue weighted by molar-refractivity contribution is 8.03. The van der Waals surface area contributed by atoms with E-state index in [4.69, 9.17) is 9.47 Å². The van der Waals surface area contributed by atoms with Crippen molar-refractivity contribution in [3.05, 3.63) is 40.4 Å². The van der Waals surface area contributed by atoms with Crippen molar-refractivity contribution in [1.82, 2.24) is 10.2 Å². The number of carbonyl (C=O) groups is 5. The summed E-state index contributed by atoms with van der Waals surface area (Å²) in [5, 5.41) is 25.7. The van der Waals surface area contributed by atoms with Gasteiger partial charge in [0.15, 0.2) is 0 Å². The van der Waals surface area contributed by atoms with Crippen LogP contribution >= 0.6 is 11.8 Å². The Kier molecular flexibility index (Phi) is 8.81. The fourth-order valence-corrected chi connectivity index (χ4v) is 6.72. The molecule has 0 aromatic heterocycles. The van der Waals surface area contributed by atoms with Gasteiger partial charge < -0.3 is 35.2 Å². The number of rotatable bonds is 9. The van der Waals surface area contributed by atoms with Crippen LogP contribution in [0.1, 0.15) is 51.4 Å². The van der Waals surface area contributed by atoms with E-state index < -0.39 is 54.2 Å². The van der Waals surface area contributed by atoms with Gasteiger partial charge in [-0.15, -0.1) is 11.8 Å². The fourth-order valence-electron chi connectivity index (χ4n) is 5.24. The summed E-state index contributed by atoms with van der Waals surface area (Å²) in [5.74, 6) is -4.01. The lowest BCUT2D eigenvalue weighted by Gasteiger charge is -2.46. The molecular weight excluding hydrogens is 554 g/mol. The van der Waals surface area contributed by atoms with E-state index >= 15 is 0 Å². The average Bonchev–Trinajstić information content (AvgIpc) is 3.45. The highest BCUT2D eigenvalue weighted by atomic mass is 32.2. The molecule has 0 radical (unpaired) electrons. The Bertz CT molecular complexity index is 1290. The minimum atomic E-state index is -1.19. The number of aliphatic hydroxyl groups is 1. The minimum absolute atomic E-state index is 0.0424. The second-order valence-corrected chi connectivity index (χ2v) is 12.9. The summed E-state index contributed by atoms with van der Waals surface area (Å²) < 4.78 is 9.97. The van der Waals surface area contributed by atoms with Crippen LogP contribution in [0.15, 0.2) is 34.9 Å². The van der Waals surface area contributed by atoms with E-state index in [0.717, 1.165) is 0 Å². The van der Waals surface area contributed by atoms with Gasteiger partial charge in [-0.3, -0.25) is 14.4 Å². The molecule has 0 saturated carbocycles. The van der Waals surface area contributed by atoms with E-state index in [1.165, 1.54) is 35.7 Å². The monoisotopic (exact) mass is 589 g/mol. The molecule has 0 aliphatic carbocycles. The molecule has 0 spiro atoms. The number of amides is 2. The number of esters is 2. The summed E-state index contributed by atoms with van der Waals surface area (Å²) in [6, 6.07) is 5.22. The molecule has 3 aliphatic rings. The lowest BCUT2D eigenvalue weighted by molar-refractivity contribution is -0.163. The molecule has 0 unspecified atom stereocenters. The number of hydrogen-bond donors (Lipinski definition) is 4. The molecule has 6 atom stereocenters. The van der Waals surface area contributed by atoms with E-state index in [1.807, 2.05) is 6.92 Å². The molecule has 12 nitrogen and oxygen atoms in total. The Morgan fingerprint density at radius 1 is 1.22 bits per heavy atom. The third-order valence-corrected chi connectivity index (χ3v) is 8.88. The van der Waals surface area contributed by atoms with E-state index in [9.17, 15) is 34.2 Å². The highest BCUT2D eigenvalue weighted by Crippen LogP contribution is 2.51. The second kappa shape index (κ2) is 11.8. The van der Waals surface area contributed by atoms with E-state index in [1.54, 1.807) is 32.9 Å². The van der Waals surface area contributed by atoms with Crippen LogP contribution in [0.3, 0.4) is 0 Å². The summed E-state index contributed by atoms with van der Waals surface area (Å²) in [6.45, 7) is 8.36. The lowest BCUT2D eigenvalue weighted by Crippen LogP contribution is -2.63. The highest BCUT2D eigenvalue weighted by Gasteiger charge is 2.60. The molecule has 4 N–H and O–H groups in total. The van der Waals surface area contributed by atoms with Crippen LogP contribution in [0.2, 0.25) is 0 Å². The van der Waals surface area contributed by atoms with Gasteiger partial charge in [0.05, 0.1) is 35.1 Å². The minimum Gasteiger partial charge on any atom is -0.477 e. The third kappa shape index (κ3) is 6.26. The molecule has 2 fully saturated rings. The van der Waals surface area contributed by atoms with Crippen molar-refractivity contribution in [2.24, 2.45) is 17.3 Å². The van der Waals surface area contributed by atoms with Crippen molar-refractivity contribution in [3.8, 4) is 0 Å². The van der Waals surface area contributed by atoms with Crippen LogP contribution in [0.4, 0.5) is 5.69 Å². The Morgan fingerprint density at radius 2 is 1.93 bits per heavy atom. The number of benzene rings is 1. The van der Waals surface area contributed by atoms with E-state index in [0.29, 0.717) is 23.6 Å². The number of fused-ring (bicyclic) bond motifs is 1. The van der Waals surface area contributed by atoms with Crippen molar-refractivity contribution >= 4 is 47.2 Å². The number of nitrogens with one attached hydrogen (secondary N) is 2. The number of carbonyl (C=O) groups excluding carboxylic acids is 4. The molecule has 222 valence electrons. The number of ether oxygens (including phenoxy) is 2. The van der Waals surface area contributed by atoms with Gasteiger partial charge in [-0.1, -0.05) is 13.0 Å². The largest absolute Gasteiger partial charge is 0.477 e. The standard InChI is InChI=1S/C28H35N3O9S/c1-13-20-19(14(2)32)24(34)31(20)21(25(35)36)22(13)41-17-10-18(29-11-17)23(33)30-16-8-6-7-15(9-16)26(37)39-12-40-27(38)28(3,4)5/h6-9,13-14,17-20,29,32H,10-12H2,1-5H3,(H,30,33)(H,35,36)/t13-,14-,17+,18+,19-,20-/m1/s1. The number of thioether (sulfide) groups is 1. The number of anilines is 1. The maximum Gasteiger partial charge on any atom is 0.353 e. The molecule has 41 heavy (non-hydrogen) atoms. The van der Waals surface area contributed by atoms with Gasteiger partial charge in [0.2, 0.25) is 18.6 Å². The second-order valence-electron chi connectivity index (χ2n) is 11.5. The van der Waals surface area contributed by atoms with Gasteiger partial charge in [0.1, 0.15) is 5.70 Å². The van der Waals surface area contributed by atoms with Gasteiger partial charge >= 0.3 is 17.9 Å². The summed E-state index contributed by atoms with van der Waals surface area (Å²) in [6.07, 6.45) is -0.461. The summed E-state index contributed by atoms with van der Waals surface area (Å²) in [7, 11) is 0. The maximum atomic E-state index is 13.0. The number of hydrogen-bond acceptors (Lipinski definition) is 10. The van der Waals surface area contributed by atoms with Crippen LogP contribution < -0.4 is 10.6 Å². The predicted octanol–water partition coefficient (Wildman–Crippen LogP) is 1.95. The molecule has 4 rings (SSSR count). The van der Waals surface area contributed by atoms with Crippen LogP contribution in [0, 0.1) is 17.3 Å². The average molecular weight is 590 g/mol. The van der Waals surface area contributed by atoms with E-state index in [2.05, 4.69) is 10.6 Å². The Labute approximate surface area is 241 Å². The maximum absolute atomic E-state index is 13.0. The normalized spacial score (nSPS) is 26.2. The Balaban J connectivity index is 1.33. The molecule has 3 aliphatic heterocycles. The van der Waals surface area contributed by atoms with Crippen LogP contribution in [-0.2, 0) is 28.7 Å². The first kappa shape index (κ1) is 30.5. The SMILES string of the molecule is C[C@@H](O)[C@H]1C(=O)N2C(C(=O)O)=C(S[C@@H]3CN[C@H](C(=O)Nc4cccc(C(=O)OCOC(=O)C(C)(C)C)c4)C3)[C@H](C)[C@H]12. The number of aliphatic carboxylic acids is 1.